The van der Waals surface area contributed by atoms with Crippen LogP contribution in [-0.4, -0.2) is 73.6 Å². The number of halogens is 1. The van der Waals surface area contributed by atoms with Crippen LogP contribution >= 0.6 is 0 Å². The zero-order valence-electron chi connectivity index (χ0n) is 19.5. The smallest absolute Gasteiger partial charge is 0.251 e. The number of piperidine rings is 2. The largest absolute Gasteiger partial charge is 0.497 e. The Balaban J connectivity index is 1.17. The van der Waals surface area contributed by atoms with Crippen LogP contribution in [0.3, 0.4) is 0 Å². The molecular weight excluding hydrogens is 437 g/mol. The molecule has 4 rings (SSSR count). The molecule has 0 aromatic heterocycles. The van der Waals surface area contributed by atoms with Crippen molar-refractivity contribution in [3.8, 4) is 11.5 Å². The Morgan fingerprint density at radius 3 is 2.44 bits per heavy atom. The summed E-state index contributed by atoms with van der Waals surface area (Å²) < 4.78 is 24.8. The van der Waals surface area contributed by atoms with E-state index in [4.69, 9.17) is 9.47 Å². The van der Waals surface area contributed by atoms with Gasteiger partial charge in [0.2, 0.25) is 5.91 Å². The molecule has 0 radical (unpaired) electrons. The van der Waals surface area contributed by atoms with E-state index in [9.17, 15) is 14.0 Å². The zero-order chi connectivity index (χ0) is 23.9. The van der Waals surface area contributed by atoms with Crippen LogP contribution in [0, 0.1) is 5.82 Å². The maximum Gasteiger partial charge on any atom is 0.251 e. The third-order valence-corrected chi connectivity index (χ3v) is 6.67. The van der Waals surface area contributed by atoms with Crippen molar-refractivity contribution in [2.24, 2.45) is 0 Å². The van der Waals surface area contributed by atoms with Gasteiger partial charge in [-0.25, -0.2) is 4.39 Å². The summed E-state index contributed by atoms with van der Waals surface area (Å²) in [4.78, 5) is 29.2. The molecule has 2 amide bonds. The van der Waals surface area contributed by atoms with Crippen LogP contribution in [0.5, 0.6) is 11.5 Å². The lowest BCUT2D eigenvalue weighted by atomic mass is 9.98. The van der Waals surface area contributed by atoms with Crippen LogP contribution < -0.4 is 14.8 Å². The number of para-hydroxylation sites is 1. The molecule has 1 N–H and O–H groups in total. The molecule has 2 fully saturated rings. The number of nitrogens with one attached hydrogen (secondary N) is 1. The number of hydrogen-bond donors (Lipinski definition) is 1. The van der Waals surface area contributed by atoms with Gasteiger partial charge in [0.15, 0.2) is 11.6 Å². The zero-order valence-corrected chi connectivity index (χ0v) is 19.5. The van der Waals surface area contributed by atoms with Crippen LogP contribution in [0.1, 0.15) is 36.0 Å². The molecule has 2 heterocycles. The summed E-state index contributed by atoms with van der Waals surface area (Å²) in [6.07, 6.45) is 3.58. The van der Waals surface area contributed by atoms with Crippen LogP contribution in [0.2, 0.25) is 0 Å². The highest BCUT2D eigenvalue weighted by Gasteiger charge is 2.30. The third kappa shape index (κ3) is 6.05. The van der Waals surface area contributed by atoms with Gasteiger partial charge >= 0.3 is 0 Å². The Kier molecular flexibility index (Phi) is 8.00. The van der Waals surface area contributed by atoms with Crippen molar-refractivity contribution < 1.29 is 23.5 Å². The standard InChI is InChI=1S/C26H32FN3O4/c1-33-22-6-4-5-19(17-22)26(32)28-18-25(31)30-13-9-20(10-14-30)29-15-11-21(12-16-29)34-24-8-3-2-7-23(24)27/h2-8,17,20-21H,9-16,18H2,1H3,(H,28,32). The quantitative estimate of drug-likeness (QED) is 0.675. The van der Waals surface area contributed by atoms with Gasteiger partial charge in [-0.3, -0.25) is 14.5 Å². The third-order valence-electron chi connectivity index (χ3n) is 6.67. The van der Waals surface area contributed by atoms with E-state index in [-0.39, 0.29) is 30.3 Å². The van der Waals surface area contributed by atoms with E-state index in [0.29, 0.717) is 36.2 Å². The molecule has 0 bridgehead atoms. The fourth-order valence-electron chi connectivity index (χ4n) is 4.69. The average molecular weight is 470 g/mol. The van der Waals surface area contributed by atoms with Crippen LogP contribution in [0.15, 0.2) is 48.5 Å². The highest BCUT2D eigenvalue weighted by Crippen LogP contribution is 2.25. The number of hydrogen-bond acceptors (Lipinski definition) is 5. The fraction of sp³-hybridized carbons (Fsp3) is 0.462. The van der Waals surface area contributed by atoms with Crippen molar-refractivity contribution in [3.63, 3.8) is 0 Å². The SMILES string of the molecule is COc1cccc(C(=O)NCC(=O)N2CCC(N3CCC(Oc4ccccc4F)CC3)CC2)c1. The number of methoxy groups -OCH3 is 1. The summed E-state index contributed by atoms with van der Waals surface area (Å²) in [6, 6.07) is 13.8. The molecule has 2 saturated heterocycles. The van der Waals surface area contributed by atoms with Gasteiger partial charge in [0, 0.05) is 37.8 Å². The predicted molar refractivity (Wildman–Crippen MR) is 127 cm³/mol. The van der Waals surface area contributed by atoms with E-state index in [1.165, 1.54) is 6.07 Å². The van der Waals surface area contributed by atoms with E-state index in [0.717, 1.165) is 38.8 Å². The Labute approximate surface area is 199 Å². The van der Waals surface area contributed by atoms with Gasteiger partial charge in [-0.15, -0.1) is 0 Å². The minimum atomic E-state index is -0.318. The molecule has 182 valence electrons. The average Bonchev–Trinajstić information content (AvgIpc) is 2.89. The monoisotopic (exact) mass is 469 g/mol. The van der Waals surface area contributed by atoms with E-state index < -0.39 is 0 Å². The number of rotatable bonds is 7. The molecule has 0 unspecified atom stereocenters. The van der Waals surface area contributed by atoms with E-state index in [1.54, 1.807) is 49.6 Å². The summed E-state index contributed by atoms with van der Waals surface area (Å²) in [5.41, 5.74) is 0.466. The second-order valence-corrected chi connectivity index (χ2v) is 8.81. The number of carbonyl (C=O) groups excluding carboxylic acids is 2. The van der Waals surface area contributed by atoms with Crippen molar-refractivity contribution in [1.29, 1.82) is 0 Å². The summed E-state index contributed by atoms with van der Waals surface area (Å²) in [5, 5.41) is 2.71. The van der Waals surface area contributed by atoms with Crippen molar-refractivity contribution in [3.05, 3.63) is 59.9 Å². The molecular formula is C26H32FN3O4. The number of amides is 2. The summed E-state index contributed by atoms with van der Waals surface area (Å²) in [5.74, 6) is 0.256. The summed E-state index contributed by atoms with van der Waals surface area (Å²) in [7, 11) is 1.55. The Morgan fingerprint density at radius 2 is 1.74 bits per heavy atom. The minimum Gasteiger partial charge on any atom is -0.497 e. The molecule has 2 aliphatic heterocycles. The van der Waals surface area contributed by atoms with Crippen LogP contribution in [0.4, 0.5) is 4.39 Å². The maximum atomic E-state index is 13.8. The van der Waals surface area contributed by atoms with Gasteiger partial charge in [-0.1, -0.05) is 18.2 Å². The number of benzene rings is 2. The first-order valence-corrected chi connectivity index (χ1v) is 11.9. The van der Waals surface area contributed by atoms with Gasteiger partial charge in [-0.2, -0.15) is 0 Å². The fourth-order valence-corrected chi connectivity index (χ4v) is 4.69. The first-order valence-electron chi connectivity index (χ1n) is 11.9. The molecule has 0 saturated carbocycles. The topological polar surface area (TPSA) is 71.1 Å². The molecule has 8 heteroatoms. The predicted octanol–water partition coefficient (Wildman–Crippen LogP) is 3.10. The summed E-state index contributed by atoms with van der Waals surface area (Å²) >= 11 is 0. The van der Waals surface area contributed by atoms with Crippen molar-refractivity contribution >= 4 is 11.8 Å². The van der Waals surface area contributed by atoms with E-state index in [1.807, 2.05) is 4.90 Å². The number of nitrogens with zero attached hydrogens (tertiary/aromatic N) is 2. The lowest BCUT2D eigenvalue weighted by Gasteiger charge is -2.41. The van der Waals surface area contributed by atoms with Gasteiger partial charge in [0.1, 0.15) is 11.9 Å². The Morgan fingerprint density at radius 1 is 1.00 bits per heavy atom. The van der Waals surface area contributed by atoms with Crippen molar-refractivity contribution in [1.82, 2.24) is 15.1 Å². The highest BCUT2D eigenvalue weighted by atomic mass is 19.1. The van der Waals surface area contributed by atoms with Gasteiger partial charge in [-0.05, 0) is 56.0 Å². The number of likely N-dealkylation sites (tertiary alicyclic amines) is 2. The Hall–Kier alpha value is -3.13. The molecule has 34 heavy (non-hydrogen) atoms. The summed E-state index contributed by atoms with van der Waals surface area (Å²) in [6.45, 7) is 3.18. The van der Waals surface area contributed by atoms with E-state index >= 15 is 0 Å². The van der Waals surface area contributed by atoms with Crippen molar-refractivity contribution in [2.45, 2.75) is 37.8 Å². The molecule has 0 spiro atoms. The molecule has 0 aliphatic carbocycles. The normalized spacial score (nSPS) is 17.9. The molecule has 2 aliphatic rings. The molecule has 2 aromatic rings. The lowest BCUT2D eigenvalue weighted by molar-refractivity contribution is -0.131. The number of carbonyl (C=O) groups is 2. The van der Waals surface area contributed by atoms with Gasteiger partial charge < -0.3 is 19.7 Å². The van der Waals surface area contributed by atoms with E-state index in [2.05, 4.69) is 10.2 Å². The van der Waals surface area contributed by atoms with Crippen molar-refractivity contribution in [2.75, 3.05) is 39.8 Å². The van der Waals surface area contributed by atoms with Gasteiger partial charge in [0.25, 0.3) is 5.91 Å². The number of ether oxygens (including phenoxy) is 2. The maximum absolute atomic E-state index is 13.8. The molecule has 2 aromatic carbocycles. The van der Waals surface area contributed by atoms with Gasteiger partial charge in [0.05, 0.1) is 13.7 Å². The molecule has 0 atom stereocenters. The first-order chi connectivity index (χ1) is 16.5. The second-order valence-electron chi connectivity index (χ2n) is 8.81. The Bertz CT molecular complexity index is 986. The van der Waals surface area contributed by atoms with Crippen LogP contribution in [0.25, 0.3) is 0 Å². The second kappa shape index (κ2) is 11.3. The minimum absolute atomic E-state index is 0.0144. The first kappa shape index (κ1) is 24.0. The highest BCUT2D eigenvalue weighted by molar-refractivity contribution is 5.96. The molecule has 7 nitrogen and oxygen atoms in total. The van der Waals surface area contributed by atoms with Crippen LogP contribution in [-0.2, 0) is 4.79 Å². The lowest BCUT2D eigenvalue weighted by Crippen LogP contribution is -2.51.